The summed E-state index contributed by atoms with van der Waals surface area (Å²) < 4.78 is 18.2. The standard InChI is InChI=1S/C21H22ClNO5/c1-13-9-16(14(2)23(13)3)18(24)12-28-20(25)6-5-15-10-17(22)21-19(11-15)26-7-4-8-27-21/h5-6,9-11H,4,7-8,12H2,1-3H3/b6-5+. The van der Waals surface area contributed by atoms with Gasteiger partial charge in [-0.2, -0.15) is 0 Å². The van der Waals surface area contributed by atoms with E-state index < -0.39 is 5.97 Å². The summed E-state index contributed by atoms with van der Waals surface area (Å²) in [6.07, 6.45) is 3.59. The number of aryl methyl sites for hydroxylation is 1. The molecule has 0 atom stereocenters. The topological polar surface area (TPSA) is 66.8 Å². The molecule has 1 aromatic heterocycles. The van der Waals surface area contributed by atoms with Gasteiger partial charge in [-0.25, -0.2) is 4.79 Å². The number of hydrogen-bond donors (Lipinski definition) is 0. The van der Waals surface area contributed by atoms with Crippen LogP contribution >= 0.6 is 11.6 Å². The highest BCUT2D eigenvalue weighted by Crippen LogP contribution is 2.38. The molecular weight excluding hydrogens is 382 g/mol. The molecule has 3 rings (SSSR count). The molecule has 6 nitrogen and oxygen atoms in total. The van der Waals surface area contributed by atoms with Crippen LogP contribution in [0.25, 0.3) is 6.08 Å². The molecule has 0 radical (unpaired) electrons. The average molecular weight is 404 g/mol. The lowest BCUT2D eigenvalue weighted by Gasteiger charge is -2.09. The van der Waals surface area contributed by atoms with Crippen molar-refractivity contribution in [2.45, 2.75) is 20.3 Å². The summed E-state index contributed by atoms with van der Waals surface area (Å²) in [6, 6.07) is 5.22. The third-order valence-electron chi connectivity index (χ3n) is 4.66. The van der Waals surface area contributed by atoms with Crippen molar-refractivity contribution in [2.75, 3.05) is 19.8 Å². The van der Waals surface area contributed by atoms with Gasteiger partial charge in [-0.3, -0.25) is 4.79 Å². The number of ether oxygens (including phenoxy) is 3. The molecule has 0 saturated carbocycles. The van der Waals surface area contributed by atoms with Crippen LogP contribution in [-0.4, -0.2) is 36.1 Å². The smallest absolute Gasteiger partial charge is 0.331 e. The SMILES string of the molecule is Cc1cc(C(=O)COC(=O)/C=C/c2cc(Cl)c3c(c2)OCCCO3)c(C)n1C. The molecule has 1 aliphatic rings. The molecule has 0 N–H and O–H groups in total. The fourth-order valence-corrected chi connectivity index (χ4v) is 3.19. The molecule has 2 aromatic rings. The van der Waals surface area contributed by atoms with Crippen LogP contribution in [0.2, 0.25) is 5.02 Å². The minimum absolute atomic E-state index is 0.235. The highest BCUT2D eigenvalue weighted by Gasteiger charge is 2.16. The maximum absolute atomic E-state index is 12.3. The number of benzene rings is 1. The number of nitrogens with zero attached hydrogens (tertiary/aromatic N) is 1. The van der Waals surface area contributed by atoms with Crippen LogP contribution in [-0.2, 0) is 16.6 Å². The van der Waals surface area contributed by atoms with E-state index in [4.69, 9.17) is 25.8 Å². The zero-order valence-corrected chi connectivity index (χ0v) is 16.8. The molecule has 28 heavy (non-hydrogen) atoms. The van der Waals surface area contributed by atoms with Crippen molar-refractivity contribution in [2.24, 2.45) is 7.05 Å². The Morgan fingerprint density at radius 3 is 2.68 bits per heavy atom. The zero-order valence-electron chi connectivity index (χ0n) is 16.1. The molecule has 0 aliphatic carbocycles. The average Bonchev–Trinajstić information content (AvgIpc) is 2.84. The lowest BCUT2D eigenvalue weighted by atomic mass is 10.1. The Morgan fingerprint density at radius 1 is 1.21 bits per heavy atom. The molecule has 7 heteroatoms. The van der Waals surface area contributed by atoms with E-state index in [1.807, 2.05) is 25.5 Å². The lowest BCUT2D eigenvalue weighted by Crippen LogP contribution is -2.13. The predicted octanol–water partition coefficient (Wildman–Crippen LogP) is 3.90. The van der Waals surface area contributed by atoms with E-state index in [9.17, 15) is 9.59 Å². The molecule has 0 amide bonds. The first-order chi connectivity index (χ1) is 13.4. The van der Waals surface area contributed by atoms with E-state index in [1.165, 1.54) is 6.08 Å². The third kappa shape index (κ3) is 4.39. The van der Waals surface area contributed by atoms with Gasteiger partial charge < -0.3 is 18.8 Å². The summed E-state index contributed by atoms with van der Waals surface area (Å²) in [5, 5.41) is 0.414. The van der Waals surface area contributed by atoms with Gasteiger partial charge in [-0.1, -0.05) is 11.6 Å². The monoisotopic (exact) mass is 403 g/mol. The number of halogens is 1. The van der Waals surface area contributed by atoms with E-state index in [0.717, 1.165) is 17.8 Å². The maximum Gasteiger partial charge on any atom is 0.331 e. The Balaban J connectivity index is 1.62. The van der Waals surface area contributed by atoms with E-state index in [-0.39, 0.29) is 12.4 Å². The van der Waals surface area contributed by atoms with Gasteiger partial charge in [0, 0.05) is 36.5 Å². The van der Waals surface area contributed by atoms with E-state index in [0.29, 0.717) is 40.9 Å². The van der Waals surface area contributed by atoms with Gasteiger partial charge in [0.1, 0.15) is 0 Å². The second-order valence-electron chi connectivity index (χ2n) is 6.59. The molecule has 0 fully saturated rings. The van der Waals surface area contributed by atoms with Crippen molar-refractivity contribution in [3.8, 4) is 11.5 Å². The minimum Gasteiger partial charge on any atom is -0.489 e. The summed E-state index contributed by atoms with van der Waals surface area (Å²) >= 11 is 6.23. The fourth-order valence-electron chi connectivity index (χ4n) is 2.91. The Labute approximate surface area is 168 Å². The van der Waals surface area contributed by atoms with Crippen molar-refractivity contribution in [1.82, 2.24) is 4.57 Å². The van der Waals surface area contributed by atoms with Crippen LogP contribution in [0.4, 0.5) is 0 Å². The van der Waals surface area contributed by atoms with Gasteiger partial charge in [0.2, 0.25) is 5.78 Å². The van der Waals surface area contributed by atoms with Gasteiger partial charge in [0.15, 0.2) is 18.1 Å². The molecular formula is C21H22ClNO5. The largest absolute Gasteiger partial charge is 0.489 e. The van der Waals surface area contributed by atoms with Crippen LogP contribution in [0.5, 0.6) is 11.5 Å². The number of aromatic nitrogens is 1. The first-order valence-corrected chi connectivity index (χ1v) is 9.34. The van der Waals surface area contributed by atoms with Crippen molar-refractivity contribution in [1.29, 1.82) is 0 Å². The lowest BCUT2D eigenvalue weighted by molar-refractivity contribution is -0.136. The molecule has 0 bridgehead atoms. The second kappa shape index (κ2) is 8.52. The fraction of sp³-hybridized carbons (Fsp3) is 0.333. The van der Waals surface area contributed by atoms with Crippen molar-refractivity contribution >= 4 is 29.4 Å². The molecule has 1 aromatic carbocycles. The van der Waals surface area contributed by atoms with Crippen molar-refractivity contribution in [3.63, 3.8) is 0 Å². The molecule has 148 valence electrons. The molecule has 2 heterocycles. The summed E-state index contributed by atoms with van der Waals surface area (Å²) in [6.45, 7) is 4.55. The van der Waals surface area contributed by atoms with Crippen LogP contribution < -0.4 is 9.47 Å². The molecule has 0 unspecified atom stereocenters. The molecule has 1 aliphatic heterocycles. The summed E-state index contributed by atoms with van der Waals surface area (Å²) in [4.78, 5) is 24.3. The van der Waals surface area contributed by atoms with Crippen LogP contribution in [0, 0.1) is 13.8 Å². The highest BCUT2D eigenvalue weighted by molar-refractivity contribution is 6.32. The number of carbonyl (C=O) groups is 2. The van der Waals surface area contributed by atoms with Crippen molar-refractivity contribution in [3.05, 3.63) is 51.8 Å². The number of rotatable bonds is 5. The van der Waals surface area contributed by atoms with Crippen molar-refractivity contribution < 1.29 is 23.8 Å². The second-order valence-corrected chi connectivity index (χ2v) is 7.00. The predicted molar refractivity (Wildman–Crippen MR) is 106 cm³/mol. The van der Waals surface area contributed by atoms with Gasteiger partial charge in [0.25, 0.3) is 0 Å². The van der Waals surface area contributed by atoms with Gasteiger partial charge >= 0.3 is 5.97 Å². The van der Waals surface area contributed by atoms with Gasteiger partial charge in [-0.05, 0) is 43.7 Å². The normalized spacial score (nSPS) is 13.4. The van der Waals surface area contributed by atoms with Gasteiger partial charge in [0.05, 0.1) is 18.2 Å². The van der Waals surface area contributed by atoms with Crippen LogP contribution in [0.15, 0.2) is 24.3 Å². The summed E-state index contributed by atoms with van der Waals surface area (Å²) in [5.41, 5.74) is 3.05. The number of ketones is 1. The summed E-state index contributed by atoms with van der Waals surface area (Å²) in [5.74, 6) is 0.213. The van der Waals surface area contributed by atoms with E-state index >= 15 is 0 Å². The number of carbonyl (C=O) groups excluding carboxylic acids is 2. The Kier molecular flexibility index (Phi) is 6.09. The molecule has 0 saturated heterocycles. The number of fused-ring (bicyclic) bond motifs is 1. The maximum atomic E-state index is 12.3. The number of hydrogen-bond acceptors (Lipinski definition) is 5. The Bertz CT molecular complexity index is 945. The van der Waals surface area contributed by atoms with E-state index in [1.54, 1.807) is 24.3 Å². The Morgan fingerprint density at radius 2 is 1.96 bits per heavy atom. The highest BCUT2D eigenvalue weighted by atomic mass is 35.5. The van der Waals surface area contributed by atoms with Crippen LogP contribution in [0.1, 0.15) is 33.7 Å². The first kappa shape index (κ1) is 20.0. The Hall–Kier alpha value is -2.73. The van der Waals surface area contributed by atoms with E-state index in [2.05, 4.69) is 0 Å². The summed E-state index contributed by atoms with van der Waals surface area (Å²) in [7, 11) is 1.89. The first-order valence-electron chi connectivity index (χ1n) is 8.97. The number of Topliss-reactive ketones (excluding diaryl/α,β-unsaturated/α-hetero) is 1. The van der Waals surface area contributed by atoms with Gasteiger partial charge in [-0.15, -0.1) is 0 Å². The minimum atomic E-state index is -0.609. The van der Waals surface area contributed by atoms with Crippen LogP contribution in [0.3, 0.4) is 0 Å². The third-order valence-corrected chi connectivity index (χ3v) is 4.94. The quantitative estimate of drug-likeness (QED) is 0.430. The zero-order chi connectivity index (χ0) is 20.3. The molecule has 0 spiro atoms. The number of esters is 1.